The van der Waals surface area contributed by atoms with Crippen LogP contribution in [0.3, 0.4) is 0 Å². The zero-order chi connectivity index (χ0) is 15.5. The standard InChI is InChI=1S/C16H27N3O3/c1-18(9-13-10-22-11-15(20)16(13)21)7-12-6-17-19(8-12)14-4-2-3-5-14/h6,8,13-16,20-21H,2-5,7,9-11H2,1H3/t13-,15-,16+/m1/s1. The van der Waals surface area contributed by atoms with E-state index in [0.29, 0.717) is 19.2 Å². The lowest BCUT2D eigenvalue weighted by atomic mass is 9.96. The van der Waals surface area contributed by atoms with Crippen molar-refractivity contribution in [3.05, 3.63) is 18.0 Å². The van der Waals surface area contributed by atoms with Crippen LogP contribution in [-0.2, 0) is 11.3 Å². The van der Waals surface area contributed by atoms with E-state index in [0.717, 1.165) is 6.54 Å². The lowest BCUT2D eigenvalue weighted by Gasteiger charge is -2.34. The van der Waals surface area contributed by atoms with Crippen LogP contribution in [0.25, 0.3) is 0 Å². The van der Waals surface area contributed by atoms with Gasteiger partial charge in [0.1, 0.15) is 6.10 Å². The molecule has 2 heterocycles. The van der Waals surface area contributed by atoms with Gasteiger partial charge < -0.3 is 19.8 Å². The molecule has 3 atom stereocenters. The van der Waals surface area contributed by atoms with Gasteiger partial charge in [0, 0.05) is 30.8 Å². The van der Waals surface area contributed by atoms with Gasteiger partial charge in [0.25, 0.3) is 0 Å². The molecule has 1 aliphatic carbocycles. The van der Waals surface area contributed by atoms with Crippen molar-refractivity contribution in [2.45, 2.75) is 50.5 Å². The summed E-state index contributed by atoms with van der Waals surface area (Å²) >= 11 is 0. The van der Waals surface area contributed by atoms with E-state index < -0.39 is 12.2 Å². The third-order valence-corrected chi connectivity index (χ3v) is 4.85. The van der Waals surface area contributed by atoms with Gasteiger partial charge in [0.15, 0.2) is 0 Å². The minimum atomic E-state index is -0.766. The van der Waals surface area contributed by atoms with Crippen molar-refractivity contribution < 1.29 is 14.9 Å². The Morgan fingerprint density at radius 1 is 1.32 bits per heavy atom. The highest BCUT2D eigenvalue weighted by molar-refractivity contribution is 5.04. The Balaban J connectivity index is 1.52. The Kier molecular flexibility index (Phi) is 5.13. The van der Waals surface area contributed by atoms with E-state index in [1.54, 1.807) is 0 Å². The highest BCUT2D eigenvalue weighted by atomic mass is 16.5. The van der Waals surface area contributed by atoms with E-state index in [-0.39, 0.29) is 12.5 Å². The van der Waals surface area contributed by atoms with Gasteiger partial charge in [0.05, 0.1) is 31.6 Å². The fourth-order valence-corrected chi connectivity index (χ4v) is 3.62. The molecule has 3 rings (SSSR count). The summed E-state index contributed by atoms with van der Waals surface area (Å²) < 4.78 is 7.44. The van der Waals surface area contributed by atoms with Gasteiger partial charge in [0.2, 0.25) is 0 Å². The molecule has 2 N–H and O–H groups in total. The molecule has 0 unspecified atom stereocenters. The van der Waals surface area contributed by atoms with Crippen molar-refractivity contribution in [1.82, 2.24) is 14.7 Å². The number of rotatable bonds is 5. The molecule has 2 aliphatic rings. The molecule has 1 saturated heterocycles. The maximum absolute atomic E-state index is 10.0. The minimum absolute atomic E-state index is 0.0429. The Hall–Kier alpha value is -0.950. The van der Waals surface area contributed by atoms with E-state index in [4.69, 9.17) is 4.74 Å². The average Bonchev–Trinajstić information content (AvgIpc) is 3.14. The van der Waals surface area contributed by atoms with Crippen molar-refractivity contribution in [2.75, 3.05) is 26.8 Å². The van der Waals surface area contributed by atoms with Crippen molar-refractivity contribution in [3.8, 4) is 0 Å². The number of nitrogens with zero attached hydrogens (tertiary/aromatic N) is 3. The van der Waals surface area contributed by atoms with Crippen LogP contribution < -0.4 is 0 Å². The Morgan fingerprint density at radius 2 is 2.09 bits per heavy atom. The summed E-state index contributed by atoms with van der Waals surface area (Å²) in [4.78, 5) is 2.16. The first-order valence-corrected chi connectivity index (χ1v) is 8.29. The summed E-state index contributed by atoms with van der Waals surface area (Å²) in [5, 5.41) is 24.2. The van der Waals surface area contributed by atoms with E-state index >= 15 is 0 Å². The van der Waals surface area contributed by atoms with Crippen LogP contribution in [0.1, 0.15) is 37.3 Å². The fourth-order valence-electron chi connectivity index (χ4n) is 3.62. The van der Waals surface area contributed by atoms with Gasteiger partial charge in [-0.05, 0) is 19.9 Å². The summed E-state index contributed by atoms with van der Waals surface area (Å²) in [5.41, 5.74) is 1.20. The molecular formula is C16H27N3O3. The van der Waals surface area contributed by atoms with Crippen LogP contribution in [0.15, 0.2) is 12.4 Å². The third kappa shape index (κ3) is 3.68. The molecule has 6 heteroatoms. The number of hydrogen-bond donors (Lipinski definition) is 2. The number of aliphatic hydroxyl groups excluding tert-OH is 2. The Labute approximate surface area is 131 Å². The highest BCUT2D eigenvalue weighted by Gasteiger charge is 2.31. The highest BCUT2D eigenvalue weighted by Crippen LogP contribution is 2.29. The first kappa shape index (κ1) is 15.9. The van der Waals surface area contributed by atoms with Gasteiger partial charge in [-0.25, -0.2) is 0 Å². The molecule has 124 valence electrons. The van der Waals surface area contributed by atoms with Crippen LogP contribution in [0, 0.1) is 5.92 Å². The zero-order valence-corrected chi connectivity index (χ0v) is 13.3. The first-order valence-electron chi connectivity index (χ1n) is 8.29. The lowest BCUT2D eigenvalue weighted by molar-refractivity contribution is -0.125. The number of aliphatic hydroxyl groups is 2. The summed E-state index contributed by atoms with van der Waals surface area (Å²) in [5.74, 6) is -0.0429. The van der Waals surface area contributed by atoms with Gasteiger partial charge in [-0.2, -0.15) is 5.10 Å². The van der Waals surface area contributed by atoms with Gasteiger partial charge in [-0.15, -0.1) is 0 Å². The smallest absolute Gasteiger partial charge is 0.104 e. The SMILES string of the molecule is CN(Cc1cnn(C2CCCC2)c1)C[C@@H]1COC[C@@H](O)[C@H]1O. The van der Waals surface area contributed by atoms with Gasteiger partial charge in [-0.3, -0.25) is 4.68 Å². The predicted octanol–water partition coefficient (Wildman–Crippen LogP) is 0.798. The maximum Gasteiger partial charge on any atom is 0.104 e. The first-order chi connectivity index (χ1) is 10.6. The lowest BCUT2D eigenvalue weighted by Crippen LogP contribution is -2.47. The fraction of sp³-hybridized carbons (Fsp3) is 0.812. The van der Waals surface area contributed by atoms with E-state index in [9.17, 15) is 10.2 Å². The number of aromatic nitrogens is 2. The molecule has 2 fully saturated rings. The largest absolute Gasteiger partial charge is 0.390 e. The summed E-state index contributed by atoms with van der Waals surface area (Å²) in [6, 6.07) is 0.572. The van der Waals surface area contributed by atoms with E-state index in [1.807, 2.05) is 13.2 Å². The van der Waals surface area contributed by atoms with Crippen molar-refractivity contribution in [3.63, 3.8) is 0 Å². The van der Waals surface area contributed by atoms with Crippen LogP contribution in [0.2, 0.25) is 0 Å². The van der Waals surface area contributed by atoms with E-state index in [2.05, 4.69) is 20.9 Å². The molecule has 0 spiro atoms. The molecule has 1 aromatic rings. The van der Waals surface area contributed by atoms with E-state index in [1.165, 1.54) is 31.2 Å². The third-order valence-electron chi connectivity index (χ3n) is 4.85. The van der Waals surface area contributed by atoms with Crippen molar-refractivity contribution in [1.29, 1.82) is 0 Å². The van der Waals surface area contributed by atoms with Gasteiger partial charge in [-0.1, -0.05) is 12.8 Å². The van der Waals surface area contributed by atoms with Crippen LogP contribution in [0.4, 0.5) is 0 Å². The normalized spacial score (nSPS) is 30.3. The molecule has 22 heavy (non-hydrogen) atoms. The second-order valence-electron chi connectivity index (χ2n) is 6.82. The molecular weight excluding hydrogens is 282 g/mol. The zero-order valence-electron chi connectivity index (χ0n) is 13.3. The molecule has 0 bridgehead atoms. The molecule has 0 aromatic carbocycles. The van der Waals surface area contributed by atoms with Crippen LogP contribution in [-0.4, -0.2) is 63.9 Å². The van der Waals surface area contributed by atoms with Gasteiger partial charge >= 0.3 is 0 Å². The number of hydrogen-bond acceptors (Lipinski definition) is 5. The average molecular weight is 309 g/mol. The molecule has 6 nitrogen and oxygen atoms in total. The van der Waals surface area contributed by atoms with Crippen molar-refractivity contribution >= 4 is 0 Å². The molecule has 0 amide bonds. The quantitative estimate of drug-likeness (QED) is 0.842. The number of ether oxygens (including phenoxy) is 1. The minimum Gasteiger partial charge on any atom is -0.390 e. The monoisotopic (exact) mass is 309 g/mol. The topological polar surface area (TPSA) is 70.8 Å². The predicted molar refractivity (Wildman–Crippen MR) is 82.4 cm³/mol. The van der Waals surface area contributed by atoms with Crippen LogP contribution >= 0.6 is 0 Å². The molecule has 0 radical (unpaired) electrons. The second kappa shape index (κ2) is 7.08. The Morgan fingerprint density at radius 3 is 2.86 bits per heavy atom. The molecule has 1 saturated carbocycles. The van der Waals surface area contributed by atoms with Crippen molar-refractivity contribution in [2.24, 2.45) is 5.92 Å². The molecule has 1 aromatic heterocycles. The summed E-state index contributed by atoms with van der Waals surface area (Å²) in [6.07, 6.45) is 7.71. The summed E-state index contributed by atoms with van der Waals surface area (Å²) in [6.45, 7) is 2.23. The maximum atomic E-state index is 10.0. The van der Waals surface area contributed by atoms with Crippen LogP contribution in [0.5, 0.6) is 0 Å². The molecule has 1 aliphatic heterocycles. The Bertz CT molecular complexity index is 473. The summed E-state index contributed by atoms with van der Waals surface area (Å²) in [7, 11) is 2.03. The second-order valence-corrected chi connectivity index (χ2v) is 6.82.